The van der Waals surface area contributed by atoms with Crippen LogP contribution in [0.3, 0.4) is 0 Å². The number of ether oxygens (including phenoxy) is 3. The molecule has 0 N–H and O–H groups in total. The molecule has 5 nitrogen and oxygen atoms in total. The predicted octanol–water partition coefficient (Wildman–Crippen LogP) is 2.76. The van der Waals surface area contributed by atoms with Gasteiger partial charge in [-0.2, -0.15) is 0 Å². The summed E-state index contributed by atoms with van der Waals surface area (Å²) in [7, 11) is 0. The van der Waals surface area contributed by atoms with Crippen LogP contribution in [-0.2, 0) is 0 Å². The van der Waals surface area contributed by atoms with Crippen LogP contribution in [-0.4, -0.2) is 18.4 Å². The maximum Gasteiger partial charge on any atom is 0.231 e. The van der Waals surface area contributed by atoms with Gasteiger partial charge in [0.2, 0.25) is 12.6 Å². The fraction of sp³-hybridized carbons (Fsp3) is 0.0588. The van der Waals surface area contributed by atoms with Crippen LogP contribution in [0.15, 0.2) is 54.3 Å². The predicted molar refractivity (Wildman–Crippen MR) is 76.4 cm³/mol. The zero-order chi connectivity index (χ0) is 15.1. The van der Waals surface area contributed by atoms with Crippen molar-refractivity contribution in [2.75, 3.05) is 6.79 Å². The third kappa shape index (κ3) is 1.95. The molecule has 2 aromatic rings. The van der Waals surface area contributed by atoms with Gasteiger partial charge in [-0.05, 0) is 12.1 Å². The SMILES string of the molecule is O=C1C=C(Oc2ccc3c(c2)OCO3)C(=O)c2ccccc21. The van der Waals surface area contributed by atoms with Gasteiger partial charge in [0.15, 0.2) is 23.0 Å². The van der Waals surface area contributed by atoms with Crippen molar-refractivity contribution in [2.24, 2.45) is 0 Å². The normalized spacial score (nSPS) is 15.4. The number of carbonyl (C=O) groups is 2. The van der Waals surface area contributed by atoms with Crippen molar-refractivity contribution in [1.82, 2.24) is 0 Å². The lowest BCUT2D eigenvalue weighted by atomic mass is 9.94. The van der Waals surface area contributed by atoms with E-state index < -0.39 is 0 Å². The second-order valence-electron chi connectivity index (χ2n) is 4.86. The third-order valence-corrected chi connectivity index (χ3v) is 3.49. The molecule has 0 atom stereocenters. The molecule has 2 aliphatic rings. The Labute approximate surface area is 125 Å². The van der Waals surface area contributed by atoms with Crippen LogP contribution in [0.25, 0.3) is 0 Å². The number of rotatable bonds is 2. The molecule has 0 spiro atoms. The largest absolute Gasteiger partial charge is 0.454 e. The second kappa shape index (κ2) is 4.73. The average molecular weight is 294 g/mol. The van der Waals surface area contributed by atoms with Gasteiger partial charge in [0.25, 0.3) is 0 Å². The van der Waals surface area contributed by atoms with E-state index in [0.29, 0.717) is 28.4 Å². The minimum absolute atomic E-state index is 0.00238. The monoisotopic (exact) mass is 294 g/mol. The molecule has 0 aromatic heterocycles. The van der Waals surface area contributed by atoms with E-state index in [2.05, 4.69) is 0 Å². The van der Waals surface area contributed by atoms with Gasteiger partial charge in [0, 0.05) is 23.3 Å². The van der Waals surface area contributed by atoms with Crippen molar-refractivity contribution in [3.05, 3.63) is 65.4 Å². The number of hydrogen-bond donors (Lipinski definition) is 0. The van der Waals surface area contributed by atoms with E-state index in [1.807, 2.05) is 0 Å². The summed E-state index contributed by atoms with van der Waals surface area (Å²) in [6.07, 6.45) is 1.22. The molecule has 108 valence electrons. The number of hydrogen-bond acceptors (Lipinski definition) is 5. The molecule has 4 rings (SSSR count). The standard InChI is InChI=1S/C17H10O5/c18-13-8-16(17(19)12-4-2-1-3-11(12)13)22-10-5-6-14-15(7-10)21-9-20-14/h1-8H,9H2. The minimum atomic E-state index is -0.312. The van der Waals surface area contributed by atoms with Gasteiger partial charge in [-0.15, -0.1) is 0 Å². The summed E-state index contributed by atoms with van der Waals surface area (Å²) in [6, 6.07) is 11.7. The van der Waals surface area contributed by atoms with Crippen molar-refractivity contribution in [3.63, 3.8) is 0 Å². The number of carbonyl (C=O) groups excluding carboxylic acids is 2. The highest BCUT2D eigenvalue weighted by Crippen LogP contribution is 2.36. The number of benzene rings is 2. The Morgan fingerprint density at radius 3 is 2.55 bits per heavy atom. The van der Waals surface area contributed by atoms with E-state index in [4.69, 9.17) is 14.2 Å². The van der Waals surface area contributed by atoms with Gasteiger partial charge in [0.1, 0.15) is 5.75 Å². The summed E-state index contributed by atoms with van der Waals surface area (Å²) < 4.78 is 16.0. The van der Waals surface area contributed by atoms with Gasteiger partial charge in [0.05, 0.1) is 0 Å². The Morgan fingerprint density at radius 1 is 0.909 bits per heavy atom. The molecular weight excluding hydrogens is 284 g/mol. The van der Waals surface area contributed by atoms with E-state index in [9.17, 15) is 9.59 Å². The lowest BCUT2D eigenvalue weighted by Gasteiger charge is -2.15. The number of ketones is 2. The molecule has 5 heteroatoms. The van der Waals surface area contributed by atoms with Gasteiger partial charge in [-0.1, -0.05) is 24.3 Å². The molecule has 1 aliphatic heterocycles. The quantitative estimate of drug-likeness (QED) is 0.852. The van der Waals surface area contributed by atoms with Crippen LogP contribution in [0.1, 0.15) is 20.7 Å². The first kappa shape index (κ1) is 12.6. The lowest BCUT2D eigenvalue weighted by molar-refractivity contribution is 0.0946. The molecule has 0 bridgehead atoms. The molecule has 0 radical (unpaired) electrons. The topological polar surface area (TPSA) is 61.8 Å². The Hall–Kier alpha value is -3.08. The van der Waals surface area contributed by atoms with Crippen LogP contribution >= 0.6 is 0 Å². The summed E-state index contributed by atoms with van der Waals surface area (Å²) >= 11 is 0. The van der Waals surface area contributed by atoms with E-state index >= 15 is 0 Å². The maximum absolute atomic E-state index is 12.4. The first-order chi connectivity index (χ1) is 10.7. The molecule has 2 aromatic carbocycles. The van der Waals surface area contributed by atoms with Crippen LogP contribution in [0.5, 0.6) is 17.2 Å². The summed E-state index contributed by atoms with van der Waals surface area (Å²) in [5.41, 5.74) is 0.747. The average Bonchev–Trinajstić information content (AvgIpc) is 3.00. The highest BCUT2D eigenvalue weighted by molar-refractivity contribution is 6.23. The first-order valence-electron chi connectivity index (χ1n) is 6.69. The fourth-order valence-electron chi connectivity index (χ4n) is 2.43. The summed E-state index contributed by atoms with van der Waals surface area (Å²) in [4.78, 5) is 24.5. The smallest absolute Gasteiger partial charge is 0.231 e. The van der Waals surface area contributed by atoms with Crippen molar-refractivity contribution >= 4 is 11.6 Å². The summed E-state index contributed by atoms with van der Waals surface area (Å²) in [5, 5.41) is 0. The highest BCUT2D eigenvalue weighted by atomic mass is 16.7. The van der Waals surface area contributed by atoms with E-state index in [-0.39, 0.29) is 24.1 Å². The van der Waals surface area contributed by atoms with Crippen LogP contribution < -0.4 is 14.2 Å². The van der Waals surface area contributed by atoms with Gasteiger partial charge in [-0.3, -0.25) is 9.59 Å². The van der Waals surface area contributed by atoms with E-state index in [0.717, 1.165) is 0 Å². The molecule has 0 unspecified atom stereocenters. The van der Waals surface area contributed by atoms with Gasteiger partial charge < -0.3 is 14.2 Å². The Morgan fingerprint density at radius 2 is 1.68 bits per heavy atom. The Balaban J connectivity index is 1.67. The van der Waals surface area contributed by atoms with Crippen molar-refractivity contribution in [1.29, 1.82) is 0 Å². The molecule has 0 fully saturated rings. The Kier molecular flexibility index (Phi) is 2.72. The number of Topliss-reactive ketones (excluding diaryl/α,β-unsaturated/α-hetero) is 1. The van der Waals surface area contributed by atoms with Crippen LogP contribution in [0, 0.1) is 0 Å². The van der Waals surface area contributed by atoms with Gasteiger partial charge in [-0.25, -0.2) is 0 Å². The molecule has 22 heavy (non-hydrogen) atoms. The molecule has 0 saturated heterocycles. The zero-order valence-corrected chi connectivity index (χ0v) is 11.4. The number of fused-ring (bicyclic) bond motifs is 2. The number of allylic oxidation sites excluding steroid dienone is 2. The van der Waals surface area contributed by atoms with E-state index in [1.54, 1.807) is 42.5 Å². The molecule has 1 aliphatic carbocycles. The third-order valence-electron chi connectivity index (χ3n) is 3.49. The second-order valence-corrected chi connectivity index (χ2v) is 4.86. The van der Waals surface area contributed by atoms with Crippen LogP contribution in [0.4, 0.5) is 0 Å². The minimum Gasteiger partial charge on any atom is -0.454 e. The first-order valence-corrected chi connectivity index (χ1v) is 6.69. The highest BCUT2D eigenvalue weighted by Gasteiger charge is 2.27. The van der Waals surface area contributed by atoms with Crippen LogP contribution in [0.2, 0.25) is 0 Å². The summed E-state index contributed by atoms with van der Waals surface area (Å²) in [6.45, 7) is 0.159. The molecule has 1 heterocycles. The van der Waals surface area contributed by atoms with Crippen molar-refractivity contribution < 1.29 is 23.8 Å². The van der Waals surface area contributed by atoms with E-state index in [1.165, 1.54) is 6.08 Å². The fourth-order valence-corrected chi connectivity index (χ4v) is 2.43. The zero-order valence-electron chi connectivity index (χ0n) is 11.4. The van der Waals surface area contributed by atoms with Crippen molar-refractivity contribution in [3.8, 4) is 17.2 Å². The van der Waals surface area contributed by atoms with Crippen molar-refractivity contribution in [2.45, 2.75) is 0 Å². The molecular formula is C17H10O5. The Bertz CT molecular complexity index is 835. The molecule has 0 amide bonds. The maximum atomic E-state index is 12.4. The molecule has 0 saturated carbocycles. The lowest BCUT2D eigenvalue weighted by Crippen LogP contribution is -2.20. The summed E-state index contributed by atoms with van der Waals surface area (Å²) in [5.74, 6) is 1.03. The van der Waals surface area contributed by atoms with Gasteiger partial charge >= 0.3 is 0 Å².